The summed E-state index contributed by atoms with van der Waals surface area (Å²) in [4.78, 5) is 5.51. The van der Waals surface area contributed by atoms with E-state index >= 15 is 0 Å². The number of benzene rings is 9. The highest BCUT2D eigenvalue weighted by Crippen LogP contribution is 2.43. The average Bonchev–Trinajstić information content (AvgIpc) is 3.24. The van der Waals surface area contributed by atoms with Gasteiger partial charge in [0.25, 0.3) is 0 Å². The second-order valence-corrected chi connectivity index (χ2v) is 15.9. The highest BCUT2D eigenvalue weighted by atomic mass is 31.1. The van der Waals surface area contributed by atoms with Crippen LogP contribution >= 0.6 is 7.92 Å². The molecule has 1 aromatic heterocycles. The molecule has 10 aromatic rings. The molecule has 254 valence electrons. The number of halogens is 1. The van der Waals surface area contributed by atoms with Crippen LogP contribution in [0, 0.1) is 5.82 Å². The Morgan fingerprint density at radius 1 is 0.333 bits per heavy atom. The van der Waals surface area contributed by atoms with Crippen LogP contribution in [0.5, 0.6) is 0 Å². The molecule has 0 fully saturated rings. The van der Waals surface area contributed by atoms with Crippen LogP contribution in [-0.2, 0) is 0 Å². The molecule has 1 nitrogen and oxygen atoms in total. The van der Waals surface area contributed by atoms with Gasteiger partial charge in [-0.3, -0.25) is 0 Å². The lowest BCUT2D eigenvalue weighted by Crippen LogP contribution is -2.20. The lowest BCUT2D eigenvalue weighted by Gasteiger charge is -2.20. The Morgan fingerprint density at radius 2 is 0.759 bits per heavy atom. The molecular formula is C51H33FNP. The van der Waals surface area contributed by atoms with Crippen LogP contribution in [0.4, 0.5) is 4.39 Å². The summed E-state index contributed by atoms with van der Waals surface area (Å²) in [6.45, 7) is 0. The molecule has 0 N–H and O–H groups in total. The van der Waals surface area contributed by atoms with Crippen LogP contribution in [-0.4, -0.2) is 4.98 Å². The fourth-order valence-corrected chi connectivity index (χ4v) is 10.2. The van der Waals surface area contributed by atoms with Crippen LogP contribution in [0.25, 0.3) is 76.7 Å². The zero-order chi connectivity index (χ0) is 36.0. The van der Waals surface area contributed by atoms with Crippen molar-refractivity contribution in [1.82, 2.24) is 4.98 Å². The molecule has 0 radical (unpaired) electrons. The molecule has 9 aromatic carbocycles. The van der Waals surface area contributed by atoms with Crippen molar-refractivity contribution in [2.45, 2.75) is 0 Å². The summed E-state index contributed by atoms with van der Waals surface area (Å²) < 4.78 is 13.7. The van der Waals surface area contributed by atoms with Crippen LogP contribution in [0.3, 0.4) is 0 Å². The van der Waals surface area contributed by atoms with Gasteiger partial charge >= 0.3 is 0 Å². The number of pyridine rings is 1. The van der Waals surface area contributed by atoms with E-state index in [2.05, 4.69) is 176 Å². The quantitative estimate of drug-likeness (QED) is 0.124. The Balaban J connectivity index is 1.15. The minimum absolute atomic E-state index is 0.235. The van der Waals surface area contributed by atoms with Gasteiger partial charge in [-0.2, -0.15) is 0 Å². The van der Waals surface area contributed by atoms with E-state index in [1.165, 1.54) is 55.0 Å². The van der Waals surface area contributed by atoms with Crippen molar-refractivity contribution in [3.05, 3.63) is 206 Å². The van der Waals surface area contributed by atoms with E-state index in [1.54, 1.807) is 0 Å². The monoisotopic (exact) mass is 709 g/mol. The first-order valence-corrected chi connectivity index (χ1v) is 19.6. The molecule has 0 bridgehead atoms. The number of aromatic nitrogens is 1. The van der Waals surface area contributed by atoms with Gasteiger partial charge < -0.3 is 0 Å². The molecule has 10 rings (SSSR count). The largest absolute Gasteiger partial charge is 0.247 e. The molecule has 3 heteroatoms. The molecule has 0 spiro atoms. The van der Waals surface area contributed by atoms with Crippen molar-refractivity contribution in [2.75, 3.05) is 0 Å². The van der Waals surface area contributed by atoms with Crippen molar-refractivity contribution in [3.63, 3.8) is 0 Å². The first kappa shape index (κ1) is 32.2. The SMILES string of the molecule is Fc1ccc(-c2ccc(-c3nc4cc(-c5ccc(P(c6ccccc6)c6ccccc6)cc5)ccc4c4c5ccccc5c5ccccc5c34)cc2)cc1. The molecule has 0 saturated carbocycles. The summed E-state index contributed by atoms with van der Waals surface area (Å²) in [6.07, 6.45) is 0. The van der Waals surface area contributed by atoms with Crippen molar-refractivity contribution in [3.8, 4) is 33.5 Å². The van der Waals surface area contributed by atoms with Gasteiger partial charge in [0.15, 0.2) is 0 Å². The van der Waals surface area contributed by atoms with Crippen LogP contribution in [0.2, 0.25) is 0 Å². The maximum atomic E-state index is 13.7. The summed E-state index contributed by atoms with van der Waals surface area (Å²) in [7, 11) is -0.685. The molecule has 54 heavy (non-hydrogen) atoms. The minimum atomic E-state index is -0.685. The smallest absolute Gasteiger partial charge is 0.123 e. The number of hydrogen-bond acceptors (Lipinski definition) is 1. The Morgan fingerprint density at radius 3 is 1.35 bits per heavy atom. The highest BCUT2D eigenvalue weighted by molar-refractivity contribution is 7.79. The van der Waals surface area contributed by atoms with Gasteiger partial charge in [-0.1, -0.05) is 182 Å². The Labute approximate surface area is 314 Å². The molecule has 0 amide bonds. The van der Waals surface area contributed by atoms with Gasteiger partial charge in [-0.25, -0.2) is 9.37 Å². The highest BCUT2D eigenvalue weighted by Gasteiger charge is 2.19. The molecule has 0 aliphatic rings. The van der Waals surface area contributed by atoms with Crippen molar-refractivity contribution in [1.29, 1.82) is 0 Å². The lowest BCUT2D eigenvalue weighted by atomic mass is 9.89. The molecule has 0 aliphatic carbocycles. The van der Waals surface area contributed by atoms with E-state index in [0.29, 0.717) is 0 Å². The number of fused-ring (bicyclic) bond motifs is 8. The van der Waals surface area contributed by atoms with Gasteiger partial charge in [0, 0.05) is 21.7 Å². The van der Waals surface area contributed by atoms with E-state index in [9.17, 15) is 4.39 Å². The summed E-state index contributed by atoms with van der Waals surface area (Å²) in [5, 5.41) is 12.4. The van der Waals surface area contributed by atoms with Gasteiger partial charge in [0.2, 0.25) is 0 Å². The Bertz CT molecular complexity index is 2920. The Kier molecular flexibility index (Phi) is 8.05. The lowest BCUT2D eigenvalue weighted by molar-refractivity contribution is 0.628. The third-order valence-corrected chi connectivity index (χ3v) is 12.9. The van der Waals surface area contributed by atoms with Crippen molar-refractivity contribution < 1.29 is 4.39 Å². The first-order chi connectivity index (χ1) is 26.7. The fraction of sp³-hybridized carbons (Fsp3) is 0. The third kappa shape index (κ3) is 5.64. The third-order valence-electron chi connectivity index (χ3n) is 10.5. The van der Waals surface area contributed by atoms with Crippen LogP contribution in [0.1, 0.15) is 0 Å². The fourth-order valence-electron chi connectivity index (χ4n) is 7.93. The van der Waals surface area contributed by atoms with Crippen LogP contribution in [0.15, 0.2) is 200 Å². The second kappa shape index (κ2) is 13.5. The van der Waals surface area contributed by atoms with Gasteiger partial charge in [-0.15, -0.1) is 0 Å². The van der Waals surface area contributed by atoms with Crippen LogP contribution < -0.4 is 15.9 Å². The number of hydrogen-bond donors (Lipinski definition) is 0. The zero-order valence-corrected chi connectivity index (χ0v) is 30.2. The predicted molar refractivity (Wildman–Crippen MR) is 229 cm³/mol. The van der Waals surface area contributed by atoms with Crippen molar-refractivity contribution >= 4 is 67.1 Å². The first-order valence-electron chi connectivity index (χ1n) is 18.2. The normalized spacial score (nSPS) is 11.6. The Hall–Kier alpha value is -6.47. The summed E-state index contributed by atoms with van der Waals surface area (Å²) in [5.41, 5.74) is 7.25. The summed E-state index contributed by atoms with van der Waals surface area (Å²) in [6, 6.07) is 70.2. The second-order valence-electron chi connectivity index (χ2n) is 13.7. The van der Waals surface area contributed by atoms with Gasteiger partial charge in [0.1, 0.15) is 5.82 Å². The molecular weight excluding hydrogens is 677 g/mol. The zero-order valence-electron chi connectivity index (χ0n) is 29.3. The van der Waals surface area contributed by atoms with Gasteiger partial charge in [-0.05, 0) is 85.8 Å². The molecule has 0 unspecified atom stereocenters. The molecule has 0 aliphatic heterocycles. The number of nitrogens with zero attached hydrogens (tertiary/aromatic N) is 1. The van der Waals surface area contributed by atoms with Crippen molar-refractivity contribution in [2.24, 2.45) is 0 Å². The van der Waals surface area contributed by atoms with Gasteiger partial charge in [0.05, 0.1) is 11.2 Å². The number of rotatable bonds is 6. The molecule has 0 atom stereocenters. The molecule has 0 saturated heterocycles. The average molecular weight is 710 g/mol. The maximum absolute atomic E-state index is 13.7. The summed E-state index contributed by atoms with van der Waals surface area (Å²) in [5.74, 6) is -0.235. The topological polar surface area (TPSA) is 12.9 Å². The van der Waals surface area contributed by atoms with E-state index in [4.69, 9.17) is 4.98 Å². The van der Waals surface area contributed by atoms with E-state index in [0.717, 1.165) is 49.8 Å². The van der Waals surface area contributed by atoms with E-state index in [1.807, 2.05) is 12.1 Å². The molecule has 1 heterocycles. The minimum Gasteiger partial charge on any atom is -0.247 e. The maximum Gasteiger partial charge on any atom is 0.123 e. The van der Waals surface area contributed by atoms with E-state index in [-0.39, 0.29) is 5.82 Å². The van der Waals surface area contributed by atoms with E-state index < -0.39 is 7.92 Å². The standard InChI is InChI=1S/C51H33FNP/c52-39-28-23-35(24-29-39)34-19-21-37(22-20-34)51-50-46-18-10-8-16-44(46)43-15-7-9-17-45(43)49(50)47-32-27-38(33-48(47)53-51)36-25-30-42(31-26-36)54(40-11-3-1-4-12-40)41-13-5-2-6-14-41/h1-33H. The predicted octanol–water partition coefficient (Wildman–Crippen LogP) is 12.6. The summed E-state index contributed by atoms with van der Waals surface area (Å²) >= 11 is 0.